The van der Waals surface area contributed by atoms with Crippen molar-refractivity contribution in [1.82, 2.24) is 10.3 Å². The summed E-state index contributed by atoms with van der Waals surface area (Å²) in [5, 5.41) is 14.7. The van der Waals surface area contributed by atoms with Gasteiger partial charge >= 0.3 is 6.03 Å². The second-order valence-electron chi connectivity index (χ2n) is 6.32. The standard InChI is InChI=1S/C19H17N5O4S/c1-9-13(5-4-6-14(9)24-18(27)10(2)21-19(24)28)22-15(25)12-7-11(8-20)17(29-3)23-16(12)26/h4-7,10H,1-3H3,(H,21,28)(H,22,25)(H,23,26). The Morgan fingerprint density at radius 1 is 1.31 bits per heavy atom. The summed E-state index contributed by atoms with van der Waals surface area (Å²) in [7, 11) is 0. The second-order valence-corrected chi connectivity index (χ2v) is 7.14. The van der Waals surface area contributed by atoms with Gasteiger partial charge in [0.15, 0.2) is 0 Å². The molecule has 2 aromatic rings. The first-order valence-electron chi connectivity index (χ1n) is 8.55. The summed E-state index contributed by atoms with van der Waals surface area (Å²) in [5.74, 6) is -1.11. The van der Waals surface area contributed by atoms with E-state index in [1.165, 1.54) is 17.8 Å². The first kappa shape index (κ1) is 20.2. The predicted molar refractivity (Wildman–Crippen MR) is 108 cm³/mol. The van der Waals surface area contributed by atoms with Crippen LogP contribution in [-0.2, 0) is 4.79 Å². The number of benzene rings is 1. The maximum Gasteiger partial charge on any atom is 0.329 e. The third kappa shape index (κ3) is 3.60. The van der Waals surface area contributed by atoms with Gasteiger partial charge in [-0.2, -0.15) is 5.26 Å². The molecule has 0 bridgehead atoms. The third-order valence-electron chi connectivity index (χ3n) is 4.50. The number of nitrogens with one attached hydrogen (secondary N) is 3. The van der Waals surface area contributed by atoms with Gasteiger partial charge in [0.1, 0.15) is 17.7 Å². The molecule has 3 N–H and O–H groups in total. The highest BCUT2D eigenvalue weighted by Crippen LogP contribution is 2.29. The molecule has 0 spiro atoms. The molecule has 1 aliphatic heterocycles. The molecule has 148 valence electrons. The first-order valence-corrected chi connectivity index (χ1v) is 9.77. The van der Waals surface area contributed by atoms with Gasteiger partial charge in [-0.15, -0.1) is 11.8 Å². The number of hydrogen-bond acceptors (Lipinski definition) is 6. The average Bonchev–Trinajstić information content (AvgIpc) is 2.94. The van der Waals surface area contributed by atoms with E-state index in [9.17, 15) is 24.4 Å². The topological polar surface area (TPSA) is 135 Å². The molecule has 1 fully saturated rings. The number of nitriles is 1. The Balaban J connectivity index is 1.95. The van der Waals surface area contributed by atoms with Crippen LogP contribution in [0.15, 0.2) is 34.1 Å². The number of hydrogen-bond donors (Lipinski definition) is 3. The zero-order chi connectivity index (χ0) is 21.3. The molecule has 1 aliphatic rings. The predicted octanol–water partition coefficient (Wildman–Crippen LogP) is 1.97. The van der Waals surface area contributed by atoms with Crippen molar-refractivity contribution in [1.29, 1.82) is 5.26 Å². The molecular formula is C19H17N5O4S. The molecule has 0 radical (unpaired) electrons. The lowest BCUT2D eigenvalue weighted by molar-refractivity contribution is -0.117. The number of pyridine rings is 1. The smallest absolute Gasteiger partial charge is 0.326 e. The first-order chi connectivity index (χ1) is 13.8. The van der Waals surface area contributed by atoms with E-state index >= 15 is 0 Å². The number of carbonyl (C=O) groups is 3. The summed E-state index contributed by atoms with van der Waals surface area (Å²) in [6.07, 6.45) is 1.71. The highest BCUT2D eigenvalue weighted by atomic mass is 32.2. The van der Waals surface area contributed by atoms with Crippen molar-refractivity contribution in [3.8, 4) is 6.07 Å². The molecule has 0 aliphatic carbocycles. The number of carbonyl (C=O) groups excluding carboxylic acids is 3. The van der Waals surface area contributed by atoms with Crippen LogP contribution >= 0.6 is 11.8 Å². The second kappa shape index (κ2) is 7.81. The maximum absolute atomic E-state index is 12.7. The highest BCUT2D eigenvalue weighted by Gasteiger charge is 2.37. The van der Waals surface area contributed by atoms with Crippen LogP contribution < -0.4 is 21.1 Å². The average molecular weight is 411 g/mol. The summed E-state index contributed by atoms with van der Waals surface area (Å²) in [6, 6.07) is 6.76. The number of urea groups is 1. The van der Waals surface area contributed by atoms with Gasteiger partial charge in [-0.05, 0) is 43.9 Å². The van der Waals surface area contributed by atoms with Crippen molar-refractivity contribution in [2.24, 2.45) is 0 Å². The molecule has 4 amide bonds. The number of thioether (sulfide) groups is 1. The van der Waals surface area contributed by atoms with E-state index in [2.05, 4.69) is 15.6 Å². The quantitative estimate of drug-likeness (QED) is 0.520. The zero-order valence-corrected chi connectivity index (χ0v) is 16.6. The van der Waals surface area contributed by atoms with E-state index in [-0.39, 0.29) is 11.1 Å². The summed E-state index contributed by atoms with van der Waals surface area (Å²) < 4.78 is 0. The van der Waals surface area contributed by atoms with Crippen molar-refractivity contribution in [3.05, 3.63) is 51.3 Å². The van der Waals surface area contributed by atoms with Crippen molar-refractivity contribution in [2.75, 3.05) is 16.5 Å². The number of nitrogens with zero attached hydrogens (tertiary/aromatic N) is 2. The highest BCUT2D eigenvalue weighted by molar-refractivity contribution is 7.98. The van der Waals surface area contributed by atoms with Gasteiger partial charge in [-0.1, -0.05) is 6.07 Å². The van der Waals surface area contributed by atoms with Crippen LogP contribution in [0.1, 0.15) is 28.4 Å². The van der Waals surface area contributed by atoms with Gasteiger partial charge in [0.05, 0.1) is 16.3 Å². The van der Waals surface area contributed by atoms with Crippen LogP contribution in [0.3, 0.4) is 0 Å². The Labute approximate surface area is 170 Å². The number of amides is 4. The van der Waals surface area contributed by atoms with Crippen molar-refractivity contribution in [3.63, 3.8) is 0 Å². The van der Waals surface area contributed by atoms with Gasteiger partial charge in [-0.3, -0.25) is 14.4 Å². The lowest BCUT2D eigenvalue weighted by Crippen LogP contribution is -2.32. The minimum absolute atomic E-state index is 0.182. The summed E-state index contributed by atoms with van der Waals surface area (Å²) in [4.78, 5) is 52.8. The number of aromatic nitrogens is 1. The number of anilines is 2. The summed E-state index contributed by atoms with van der Waals surface area (Å²) >= 11 is 1.19. The van der Waals surface area contributed by atoms with Crippen LogP contribution in [0.5, 0.6) is 0 Å². The Kier molecular flexibility index (Phi) is 5.43. The molecule has 10 heteroatoms. The van der Waals surface area contributed by atoms with Gasteiger partial charge in [-0.25, -0.2) is 9.69 Å². The number of H-pyrrole nitrogens is 1. The Morgan fingerprint density at radius 2 is 2.03 bits per heavy atom. The molecule has 1 atom stereocenters. The minimum atomic E-state index is -0.707. The van der Waals surface area contributed by atoms with Crippen LogP contribution in [-0.4, -0.2) is 35.1 Å². The van der Waals surface area contributed by atoms with E-state index in [0.29, 0.717) is 22.0 Å². The summed E-state index contributed by atoms with van der Waals surface area (Å²) in [6.45, 7) is 3.23. The fourth-order valence-electron chi connectivity index (χ4n) is 2.95. The van der Waals surface area contributed by atoms with Crippen molar-refractivity contribution in [2.45, 2.75) is 24.9 Å². The monoisotopic (exact) mass is 411 g/mol. The Morgan fingerprint density at radius 3 is 2.62 bits per heavy atom. The molecule has 2 heterocycles. The fraction of sp³-hybridized carbons (Fsp3) is 0.211. The third-order valence-corrected chi connectivity index (χ3v) is 5.23. The fourth-order valence-corrected chi connectivity index (χ4v) is 3.47. The molecule has 1 aromatic carbocycles. The van der Waals surface area contributed by atoms with Gasteiger partial charge in [0.2, 0.25) is 0 Å². The number of rotatable bonds is 4. The van der Waals surface area contributed by atoms with Gasteiger partial charge < -0.3 is 15.6 Å². The molecule has 1 unspecified atom stereocenters. The van der Waals surface area contributed by atoms with E-state index < -0.39 is 29.4 Å². The van der Waals surface area contributed by atoms with E-state index in [1.807, 2.05) is 6.07 Å². The molecule has 29 heavy (non-hydrogen) atoms. The Hall–Kier alpha value is -3.58. The van der Waals surface area contributed by atoms with Crippen LogP contribution in [0.4, 0.5) is 16.2 Å². The zero-order valence-electron chi connectivity index (χ0n) is 15.8. The molecule has 1 saturated heterocycles. The van der Waals surface area contributed by atoms with Crippen molar-refractivity contribution < 1.29 is 14.4 Å². The number of imide groups is 1. The van der Waals surface area contributed by atoms with Crippen LogP contribution in [0.25, 0.3) is 0 Å². The van der Waals surface area contributed by atoms with E-state index in [1.54, 1.807) is 38.3 Å². The minimum Gasteiger partial charge on any atom is -0.326 e. The lowest BCUT2D eigenvalue weighted by atomic mass is 10.1. The van der Waals surface area contributed by atoms with Crippen LogP contribution in [0.2, 0.25) is 0 Å². The van der Waals surface area contributed by atoms with Gasteiger partial charge in [0, 0.05) is 5.69 Å². The Bertz CT molecular complexity index is 1130. The van der Waals surface area contributed by atoms with Crippen LogP contribution in [0, 0.1) is 18.3 Å². The summed E-state index contributed by atoms with van der Waals surface area (Å²) in [5.41, 5.74) is 0.492. The van der Waals surface area contributed by atoms with Gasteiger partial charge in [0.25, 0.3) is 17.4 Å². The molecule has 1 aromatic heterocycles. The number of aromatic amines is 1. The SMILES string of the molecule is CSc1[nH]c(=O)c(C(=O)Nc2cccc(N3C(=O)NC(C)C3=O)c2C)cc1C#N. The largest absolute Gasteiger partial charge is 0.329 e. The molecular weight excluding hydrogens is 394 g/mol. The van der Waals surface area contributed by atoms with E-state index in [4.69, 9.17) is 0 Å². The molecule has 0 saturated carbocycles. The molecule has 3 rings (SSSR count). The van der Waals surface area contributed by atoms with Crippen molar-refractivity contribution >= 4 is 41.0 Å². The maximum atomic E-state index is 12.7. The lowest BCUT2D eigenvalue weighted by Gasteiger charge is -2.18. The molecule has 9 nitrogen and oxygen atoms in total. The normalized spacial score (nSPS) is 15.8. The van der Waals surface area contributed by atoms with E-state index in [0.717, 1.165) is 4.90 Å².